The van der Waals surface area contributed by atoms with Crippen LogP contribution in [0.3, 0.4) is 0 Å². The van der Waals surface area contributed by atoms with Crippen LogP contribution in [0.25, 0.3) is 11.1 Å². The number of nitrogens with zero attached hydrogens (tertiary/aromatic N) is 1. The molecule has 0 saturated heterocycles. The Kier molecular flexibility index (Phi) is 8.96. The Hall–Kier alpha value is -4.12. The van der Waals surface area contributed by atoms with Crippen molar-refractivity contribution in [2.75, 3.05) is 38.5 Å². The zero-order chi connectivity index (χ0) is 29.8. The molecule has 5 rings (SSSR count). The molecule has 0 aliphatic heterocycles. The van der Waals surface area contributed by atoms with Crippen molar-refractivity contribution in [1.29, 1.82) is 0 Å². The Morgan fingerprint density at radius 1 is 1.05 bits per heavy atom. The van der Waals surface area contributed by atoms with Gasteiger partial charge >= 0.3 is 0 Å². The van der Waals surface area contributed by atoms with E-state index in [0.29, 0.717) is 65.9 Å². The number of fused-ring (bicyclic) bond motifs is 4. The highest BCUT2D eigenvalue weighted by atomic mass is 32.1. The van der Waals surface area contributed by atoms with Gasteiger partial charge in [0.1, 0.15) is 0 Å². The molecule has 2 aliphatic carbocycles. The quantitative estimate of drug-likeness (QED) is 0.291. The summed E-state index contributed by atoms with van der Waals surface area (Å²) in [6.45, 7) is 1.90. The number of hydrogen-bond donors (Lipinski definition) is 3. The number of benzene rings is 1. The molecule has 2 amide bonds. The Bertz CT molecular complexity index is 1550. The van der Waals surface area contributed by atoms with E-state index in [4.69, 9.17) is 14.2 Å². The summed E-state index contributed by atoms with van der Waals surface area (Å²) in [6, 6.07) is 6.74. The monoisotopic (exact) mass is 592 g/mol. The number of rotatable bonds is 10. The fourth-order valence-corrected chi connectivity index (χ4v) is 6.82. The van der Waals surface area contributed by atoms with Crippen molar-refractivity contribution in [3.63, 3.8) is 0 Å². The maximum Gasteiger partial charge on any atom is 0.226 e. The molecule has 0 spiro atoms. The van der Waals surface area contributed by atoms with Gasteiger partial charge < -0.3 is 30.2 Å². The molecular formula is C31H36N4O6S. The fourth-order valence-electron chi connectivity index (χ4n) is 5.75. The molecule has 2 aromatic carbocycles. The highest BCUT2D eigenvalue weighted by molar-refractivity contribution is 7.15. The van der Waals surface area contributed by atoms with Gasteiger partial charge in [-0.15, -0.1) is 11.3 Å². The van der Waals surface area contributed by atoms with Crippen LogP contribution < -0.4 is 35.6 Å². The van der Waals surface area contributed by atoms with Crippen LogP contribution in [0.2, 0.25) is 0 Å². The van der Waals surface area contributed by atoms with Gasteiger partial charge in [0, 0.05) is 30.3 Å². The average Bonchev–Trinajstić information content (AvgIpc) is 3.48. The van der Waals surface area contributed by atoms with Crippen molar-refractivity contribution in [3.05, 3.63) is 56.2 Å². The number of aryl methyl sites for hydroxylation is 3. The summed E-state index contributed by atoms with van der Waals surface area (Å²) in [6.07, 6.45) is 5.20. The van der Waals surface area contributed by atoms with E-state index in [2.05, 4.69) is 20.9 Å². The second-order valence-corrected chi connectivity index (χ2v) is 11.5. The molecule has 3 aromatic rings. The SMILES string of the molecule is COc1cc2c(c(OC)c1OC)-c1ccc(NCCCC(=O)Nc3nc4c(s3)CCC4)c(=O)cc1[C@H](NC(C)=O)CC2. The maximum atomic E-state index is 13.4. The lowest BCUT2D eigenvalue weighted by Gasteiger charge is -2.19. The van der Waals surface area contributed by atoms with E-state index >= 15 is 0 Å². The predicted molar refractivity (Wildman–Crippen MR) is 163 cm³/mol. The molecule has 0 saturated carbocycles. The van der Waals surface area contributed by atoms with Gasteiger partial charge in [0.15, 0.2) is 16.6 Å². The van der Waals surface area contributed by atoms with E-state index in [1.807, 2.05) is 12.1 Å². The summed E-state index contributed by atoms with van der Waals surface area (Å²) in [7, 11) is 4.70. The van der Waals surface area contributed by atoms with Crippen LogP contribution in [0.4, 0.5) is 10.8 Å². The standard InChI is InChI=1S/C31H36N4O6S/c1-17(36)33-21-12-10-18-15-25(39-2)29(40-3)30(41-4)28(18)19-11-13-22(24(37)16-20(19)21)32-14-6-9-27(38)35-31-34-23-7-5-8-26(23)42-31/h11,13,15-16,21H,5-10,12,14H2,1-4H3,(H,32,37)(H,33,36)(H,34,35,38)/t21-/m1/s1. The number of methoxy groups -OCH3 is 3. The lowest BCUT2D eigenvalue weighted by atomic mass is 9.95. The molecule has 0 fully saturated rings. The summed E-state index contributed by atoms with van der Waals surface area (Å²) in [5, 5.41) is 9.78. The first kappa shape index (κ1) is 29.4. The fraction of sp³-hybridized carbons (Fsp3) is 0.419. The molecule has 2 aliphatic rings. The van der Waals surface area contributed by atoms with Crippen molar-refractivity contribution in [2.45, 2.75) is 57.9 Å². The van der Waals surface area contributed by atoms with Gasteiger partial charge in [-0.25, -0.2) is 4.98 Å². The zero-order valence-corrected chi connectivity index (χ0v) is 25.2. The van der Waals surface area contributed by atoms with Gasteiger partial charge in [-0.1, -0.05) is 6.07 Å². The number of aromatic nitrogens is 1. The minimum Gasteiger partial charge on any atom is -0.493 e. The van der Waals surface area contributed by atoms with Crippen LogP contribution in [0.1, 0.15) is 60.3 Å². The Labute approximate surface area is 248 Å². The highest BCUT2D eigenvalue weighted by Crippen LogP contribution is 2.50. The smallest absolute Gasteiger partial charge is 0.226 e. The number of hydrogen-bond acceptors (Lipinski definition) is 9. The van der Waals surface area contributed by atoms with Crippen LogP contribution in [0.15, 0.2) is 29.1 Å². The number of thiazole rings is 1. The molecule has 0 unspecified atom stereocenters. The minimum atomic E-state index is -0.379. The first-order valence-electron chi connectivity index (χ1n) is 14.1. The number of ether oxygens (including phenoxy) is 3. The van der Waals surface area contributed by atoms with Gasteiger partial charge in [0.25, 0.3) is 0 Å². The van der Waals surface area contributed by atoms with Crippen molar-refractivity contribution < 1.29 is 23.8 Å². The third-order valence-corrected chi connectivity index (χ3v) is 8.73. The molecule has 0 radical (unpaired) electrons. The Morgan fingerprint density at radius 3 is 2.57 bits per heavy atom. The topological polar surface area (TPSA) is 128 Å². The molecule has 1 atom stereocenters. The van der Waals surface area contributed by atoms with Gasteiger partial charge in [0.2, 0.25) is 23.0 Å². The predicted octanol–water partition coefficient (Wildman–Crippen LogP) is 4.64. The van der Waals surface area contributed by atoms with Gasteiger partial charge in [-0.2, -0.15) is 0 Å². The van der Waals surface area contributed by atoms with Gasteiger partial charge in [-0.3, -0.25) is 14.4 Å². The second-order valence-electron chi connectivity index (χ2n) is 10.4. The molecule has 42 heavy (non-hydrogen) atoms. The number of nitrogens with one attached hydrogen (secondary N) is 3. The van der Waals surface area contributed by atoms with Crippen LogP contribution in [-0.4, -0.2) is 44.7 Å². The third-order valence-electron chi connectivity index (χ3n) is 7.65. The lowest BCUT2D eigenvalue weighted by molar-refractivity contribution is -0.119. The van der Waals surface area contributed by atoms with Crippen molar-refractivity contribution in [2.24, 2.45) is 0 Å². The molecule has 3 N–H and O–H groups in total. The number of amides is 2. The largest absolute Gasteiger partial charge is 0.493 e. The van der Waals surface area contributed by atoms with E-state index in [1.165, 1.54) is 11.8 Å². The molecule has 0 bridgehead atoms. The molecule has 1 aromatic heterocycles. The third kappa shape index (κ3) is 6.06. The number of carbonyl (C=O) groups excluding carboxylic acids is 2. The van der Waals surface area contributed by atoms with Crippen molar-refractivity contribution in [3.8, 4) is 28.4 Å². The van der Waals surface area contributed by atoms with E-state index in [1.54, 1.807) is 44.8 Å². The normalized spacial score (nSPS) is 15.0. The summed E-state index contributed by atoms with van der Waals surface area (Å²) < 4.78 is 17.1. The van der Waals surface area contributed by atoms with Crippen LogP contribution in [-0.2, 0) is 28.9 Å². The lowest BCUT2D eigenvalue weighted by Crippen LogP contribution is -2.26. The minimum absolute atomic E-state index is 0.0943. The maximum absolute atomic E-state index is 13.4. The summed E-state index contributed by atoms with van der Waals surface area (Å²) in [4.78, 5) is 43.8. The van der Waals surface area contributed by atoms with E-state index in [-0.39, 0.29) is 23.3 Å². The van der Waals surface area contributed by atoms with E-state index in [0.717, 1.165) is 41.6 Å². The van der Waals surface area contributed by atoms with Gasteiger partial charge in [-0.05, 0) is 73.4 Å². The highest BCUT2D eigenvalue weighted by Gasteiger charge is 2.29. The van der Waals surface area contributed by atoms with Gasteiger partial charge in [0.05, 0.1) is 38.8 Å². The Morgan fingerprint density at radius 2 is 1.86 bits per heavy atom. The summed E-state index contributed by atoms with van der Waals surface area (Å²) in [5.74, 6) is 1.22. The van der Waals surface area contributed by atoms with Crippen molar-refractivity contribution >= 4 is 34.0 Å². The average molecular weight is 593 g/mol. The zero-order valence-electron chi connectivity index (χ0n) is 24.3. The van der Waals surface area contributed by atoms with Crippen molar-refractivity contribution in [1.82, 2.24) is 10.3 Å². The first-order chi connectivity index (χ1) is 20.3. The summed E-state index contributed by atoms with van der Waals surface area (Å²) in [5.41, 5.74) is 4.52. The Balaban J connectivity index is 1.39. The number of carbonyl (C=O) groups is 2. The molecule has 222 valence electrons. The van der Waals surface area contributed by atoms with E-state index < -0.39 is 0 Å². The number of anilines is 2. The first-order valence-corrected chi connectivity index (χ1v) is 14.9. The summed E-state index contributed by atoms with van der Waals surface area (Å²) >= 11 is 1.56. The molecule has 11 heteroatoms. The van der Waals surface area contributed by atoms with Crippen LogP contribution >= 0.6 is 11.3 Å². The second kappa shape index (κ2) is 12.8. The van der Waals surface area contributed by atoms with Crippen LogP contribution in [0, 0.1) is 0 Å². The molecular weight excluding hydrogens is 556 g/mol. The van der Waals surface area contributed by atoms with E-state index in [9.17, 15) is 14.4 Å². The molecule has 1 heterocycles. The van der Waals surface area contributed by atoms with Crippen LogP contribution in [0.5, 0.6) is 17.2 Å². The molecule has 10 nitrogen and oxygen atoms in total.